The third-order valence-electron chi connectivity index (χ3n) is 3.50. The van der Waals surface area contributed by atoms with Gasteiger partial charge in [-0.3, -0.25) is 10.1 Å². The van der Waals surface area contributed by atoms with Crippen molar-refractivity contribution in [1.29, 1.82) is 0 Å². The van der Waals surface area contributed by atoms with Gasteiger partial charge in [0.25, 0.3) is 5.69 Å². The van der Waals surface area contributed by atoms with E-state index in [1.54, 1.807) is 6.07 Å². The number of benzene rings is 1. The molecule has 1 aromatic carbocycles. The molecule has 5 nitrogen and oxygen atoms in total. The Bertz CT molecular complexity index is 457. The van der Waals surface area contributed by atoms with Crippen molar-refractivity contribution in [2.24, 2.45) is 0 Å². The van der Waals surface area contributed by atoms with Crippen LogP contribution in [0.5, 0.6) is 0 Å². The zero-order chi connectivity index (χ0) is 15.1. The molecule has 1 N–H and O–H groups in total. The first-order valence-corrected chi connectivity index (χ1v) is 7.21. The lowest BCUT2D eigenvalue weighted by Crippen LogP contribution is -2.25. The molecule has 1 aromatic rings. The lowest BCUT2D eigenvalue weighted by atomic mass is 10.1. The van der Waals surface area contributed by atoms with Crippen LogP contribution in [0.15, 0.2) is 12.1 Å². The van der Waals surface area contributed by atoms with E-state index in [2.05, 4.69) is 24.1 Å². The molecule has 0 saturated heterocycles. The number of anilines is 1. The molecule has 5 heteroatoms. The molecule has 0 saturated carbocycles. The van der Waals surface area contributed by atoms with Gasteiger partial charge in [0.1, 0.15) is 5.69 Å². The fraction of sp³-hybridized carbons (Fsp3) is 0.600. The van der Waals surface area contributed by atoms with Crippen LogP contribution in [-0.2, 0) is 0 Å². The number of nitro groups is 1. The summed E-state index contributed by atoms with van der Waals surface area (Å²) in [5, 5.41) is 14.3. The van der Waals surface area contributed by atoms with Crippen molar-refractivity contribution in [3.8, 4) is 0 Å². The summed E-state index contributed by atoms with van der Waals surface area (Å²) in [6.45, 7) is 11.9. The predicted octanol–water partition coefficient (Wildman–Crippen LogP) is 3.36. The van der Waals surface area contributed by atoms with Crippen LogP contribution in [0, 0.1) is 24.0 Å². The SMILES string of the molecule is CCN(CC)CCCNc1c(C)cc(C)cc1[N+](=O)[O-]. The molecule has 0 aromatic heterocycles. The molecule has 0 radical (unpaired) electrons. The third kappa shape index (κ3) is 4.49. The van der Waals surface area contributed by atoms with Crippen molar-refractivity contribution in [3.05, 3.63) is 33.4 Å². The van der Waals surface area contributed by atoms with Crippen LogP contribution in [0.4, 0.5) is 11.4 Å². The first-order valence-electron chi connectivity index (χ1n) is 7.21. The molecule has 112 valence electrons. The maximum atomic E-state index is 11.1. The van der Waals surface area contributed by atoms with Gasteiger partial charge in [-0.25, -0.2) is 0 Å². The van der Waals surface area contributed by atoms with E-state index in [9.17, 15) is 10.1 Å². The van der Waals surface area contributed by atoms with Crippen LogP contribution in [0.2, 0.25) is 0 Å². The molecule has 0 spiro atoms. The highest BCUT2D eigenvalue weighted by atomic mass is 16.6. The molecule has 0 atom stereocenters. The second kappa shape index (κ2) is 7.85. The van der Waals surface area contributed by atoms with E-state index in [0.29, 0.717) is 5.69 Å². The molecule has 1 rings (SSSR count). The van der Waals surface area contributed by atoms with Gasteiger partial charge in [-0.15, -0.1) is 0 Å². The van der Waals surface area contributed by atoms with E-state index in [0.717, 1.165) is 43.7 Å². The van der Waals surface area contributed by atoms with Crippen LogP contribution < -0.4 is 5.32 Å². The van der Waals surface area contributed by atoms with Gasteiger partial charge in [-0.05, 0) is 51.0 Å². The summed E-state index contributed by atoms with van der Waals surface area (Å²) in [6.07, 6.45) is 0.978. The van der Waals surface area contributed by atoms with Gasteiger partial charge in [0.15, 0.2) is 0 Å². The van der Waals surface area contributed by atoms with Crippen molar-refractivity contribution in [1.82, 2.24) is 4.90 Å². The Morgan fingerprint density at radius 2 is 1.90 bits per heavy atom. The van der Waals surface area contributed by atoms with Crippen molar-refractivity contribution >= 4 is 11.4 Å². The maximum Gasteiger partial charge on any atom is 0.292 e. The fourth-order valence-corrected chi connectivity index (χ4v) is 2.38. The molecule has 0 aliphatic heterocycles. The minimum atomic E-state index is -0.313. The molecule has 20 heavy (non-hydrogen) atoms. The van der Waals surface area contributed by atoms with Crippen LogP contribution >= 0.6 is 0 Å². The van der Waals surface area contributed by atoms with E-state index in [4.69, 9.17) is 0 Å². The standard InChI is InChI=1S/C15H25N3O2/c1-5-17(6-2)9-7-8-16-15-13(4)10-12(3)11-14(15)18(19)20/h10-11,16H,5-9H2,1-4H3. The Labute approximate surface area is 121 Å². The molecular weight excluding hydrogens is 254 g/mol. The van der Waals surface area contributed by atoms with Gasteiger partial charge >= 0.3 is 0 Å². The average molecular weight is 279 g/mol. The monoisotopic (exact) mass is 279 g/mol. The summed E-state index contributed by atoms with van der Waals surface area (Å²) < 4.78 is 0. The number of aryl methyl sites for hydroxylation is 2. The number of nitro benzene ring substituents is 1. The number of nitrogens with zero attached hydrogens (tertiary/aromatic N) is 2. The molecule has 0 amide bonds. The Hall–Kier alpha value is -1.62. The quantitative estimate of drug-likeness (QED) is 0.450. The Kier molecular flexibility index (Phi) is 6.45. The fourth-order valence-electron chi connectivity index (χ4n) is 2.38. The average Bonchev–Trinajstić information content (AvgIpc) is 2.40. The minimum Gasteiger partial charge on any atom is -0.379 e. The van der Waals surface area contributed by atoms with E-state index >= 15 is 0 Å². The van der Waals surface area contributed by atoms with Crippen LogP contribution in [0.25, 0.3) is 0 Å². The lowest BCUT2D eigenvalue weighted by Gasteiger charge is -2.18. The second-order valence-electron chi connectivity index (χ2n) is 5.04. The lowest BCUT2D eigenvalue weighted by molar-refractivity contribution is -0.384. The largest absolute Gasteiger partial charge is 0.379 e. The molecule has 0 fully saturated rings. The number of hydrogen-bond donors (Lipinski definition) is 1. The van der Waals surface area contributed by atoms with Crippen molar-refractivity contribution in [2.45, 2.75) is 34.1 Å². The van der Waals surface area contributed by atoms with Crippen molar-refractivity contribution in [2.75, 3.05) is 31.5 Å². The number of nitrogens with one attached hydrogen (secondary N) is 1. The van der Waals surface area contributed by atoms with Gasteiger partial charge in [0.05, 0.1) is 4.92 Å². The van der Waals surface area contributed by atoms with Crippen molar-refractivity contribution in [3.63, 3.8) is 0 Å². The minimum absolute atomic E-state index is 0.172. The molecule has 0 aliphatic carbocycles. The van der Waals surface area contributed by atoms with Gasteiger partial charge in [0, 0.05) is 12.6 Å². The van der Waals surface area contributed by atoms with Gasteiger partial charge in [0.2, 0.25) is 0 Å². The maximum absolute atomic E-state index is 11.1. The topological polar surface area (TPSA) is 58.4 Å². The van der Waals surface area contributed by atoms with Crippen molar-refractivity contribution < 1.29 is 4.92 Å². The highest BCUT2D eigenvalue weighted by Gasteiger charge is 2.16. The summed E-state index contributed by atoms with van der Waals surface area (Å²) in [4.78, 5) is 13.1. The normalized spacial score (nSPS) is 10.8. The first kappa shape index (κ1) is 16.4. The van der Waals surface area contributed by atoms with Crippen LogP contribution in [0.1, 0.15) is 31.4 Å². The smallest absolute Gasteiger partial charge is 0.292 e. The van der Waals surface area contributed by atoms with Crippen LogP contribution in [0.3, 0.4) is 0 Å². The van der Waals surface area contributed by atoms with Gasteiger partial charge in [-0.1, -0.05) is 19.9 Å². The van der Waals surface area contributed by atoms with Gasteiger partial charge in [-0.2, -0.15) is 0 Å². The second-order valence-corrected chi connectivity index (χ2v) is 5.04. The van der Waals surface area contributed by atoms with E-state index in [1.165, 1.54) is 0 Å². The van der Waals surface area contributed by atoms with E-state index < -0.39 is 0 Å². The Balaban J connectivity index is 2.66. The van der Waals surface area contributed by atoms with E-state index in [1.807, 2.05) is 19.9 Å². The molecule has 0 heterocycles. The zero-order valence-electron chi connectivity index (χ0n) is 12.9. The predicted molar refractivity (Wildman–Crippen MR) is 83.5 cm³/mol. The summed E-state index contributed by atoms with van der Waals surface area (Å²) in [5.41, 5.74) is 2.67. The van der Waals surface area contributed by atoms with Crippen LogP contribution in [-0.4, -0.2) is 36.0 Å². The summed E-state index contributed by atoms with van der Waals surface area (Å²) in [5.74, 6) is 0. The Morgan fingerprint density at radius 3 is 2.45 bits per heavy atom. The highest BCUT2D eigenvalue weighted by Crippen LogP contribution is 2.29. The first-order chi connectivity index (χ1) is 9.49. The molecule has 0 bridgehead atoms. The van der Waals surface area contributed by atoms with E-state index in [-0.39, 0.29) is 10.6 Å². The molecular formula is C15H25N3O2. The van der Waals surface area contributed by atoms with Gasteiger partial charge < -0.3 is 10.2 Å². The number of rotatable bonds is 8. The summed E-state index contributed by atoms with van der Waals surface area (Å²) >= 11 is 0. The third-order valence-corrected chi connectivity index (χ3v) is 3.50. The molecule has 0 aliphatic rings. The highest BCUT2D eigenvalue weighted by molar-refractivity contribution is 5.67. The summed E-state index contributed by atoms with van der Waals surface area (Å²) in [7, 11) is 0. The Morgan fingerprint density at radius 1 is 1.25 bits per heavy atom. The summed E-state index contributed by atoms with van der Waals surface area (Å²) in [6, 6.07) is 3.60. The number of hydrogen-bond acceptors (Lipinski definition) is 4. The molecule has 0 unspecified atom stereocenters. The zero-order valence-corrected chi connectivity index (χ0v) is 12.9.